The standard InChI is InChI=1S/C23H28FN3O/c1-3-18-13-19(14-26-18)27-15(2)16-5-6-20(21(24)11-16)17-7-10-25-22(12-17)23(28)8-4-9-23/h5-7,10-12,14-15,18,26-28H,3-4,8-9,13H2,1-2H3. The summed E-state index contributed by atoms with van der Waals surface area (Å²) < 4.78 is 14.9. The van der Waals surface area contributed by atoms with Gasteiger partial charge >= 0.3 is 0 Å². The van der Waals surface area contributed by atoms with Gasteiger partial charge < -0.3 is 15.7 Å². The van der Waals surface area contributed by atoms with Gasteiger partial charge in [-0.25, -0.2) is 4.39 Å². The lowest BCUT2D eigenvalue weighted by atomic mass is 9.77. The van der Waals surface area contributed by atoms with E-state index in [2.05, 4.69) is 22.5 Å². The lowest BCUT2D eigenvalue weighted by Crippen LogP contribution is -2.34. The minimum absolute atomic E-state index is 0.0240. The van der Waals surface area contributed by atoms with E-state index in [1.807, 2.05) is 31.3 Å². The Bertz CT molecular complexity index is 891. The van der Waals surface area contributed by atoms with E-state index in [-0.39, 0.29) is 11.9 Å². The van der Waals surface area contributed by atoms with E-state index in [0.29, 0.717) is 17.3 Å². The smallest absolute Gasteiger partial charge is 0.131 e. The van der Waals surface area contributed by atoms with Crippen molar-refractivity contribution in [3.05, 3.63) is 65.5 Å². The van der Waals surface area contributed by atoms with Crippen molar-refractivity contribution in [1.82, 2.24) is 15.6 Å². The second-order valence-corrected chi connectivity index (χ2v) is 8.07. The first-order valence-electron chi connectivity index (χ1n) is 10.2. The van der Waals surface area contributed by atoms with E-state index in [0.717, 1.165) is 48.9 Å². The highest BCUT2D eigenvalue weighted by atomic mass is 19.1. The van der Waals surface area contributed by atoms with Crippen molar-refractivity contribution < 1.29 is 9.50 Å². The van der Waals surface area contributed by atoms with Crippen molar-refractivity contribution in [3.63, 3.8) is 0 Å². The molecule has 0 spiro atoms. The third kappa shape index (κ3) is 3.63. The fourth-order valence-corrected chi connectivity index (χ4v) is 3.98. The molecule has 2 aliphatic rings. The number of benzene rings is 1. The molecule has 5 heteroatoms. The maximum absolute atomic E-state index is 14.9. The zero-order chi connectivity index (χ0) is 19.7. The van der Waals surface area contributed by atoms with Crippen molar-refractivity contribution >= 4 is 0 Å². The Hall–Kier alpha value is -2.40. The third-order valence-corrected chi connectivity index (χ3v) is 6.08. The van der Waals surface area contributed by atoms with E-state index in [1.165, 1.54) is 0 Å². The van der Waals surface area contributed by atoms with Gasteiger partial charge in [0, 0.05) is 42.2 Å². The van der Waals surface area contributed by atoms with Crippen LogP contribution in [0.1, 0.15) is 63.3 Å². The summed E-state index contributed by atoms with van der Waals surface area (Å²) in [5.41, 5.74) is 3.16. The molecule has 0 amide bonds. The van der Waals surface area contributed by atoms with Crippen molar-refractivity contribution in [3.8, 4) is 11.1 Å². The van der Waals surface area contributed by atoms with Gasteiger partial charge in [0.25, 0.3) is 0 Å². The summed E-state index contributed by atoms with van der Waals surface area (Å²) in [6.45, 7) is 4.21. The molecular formula is C23H28FN3O. The van der Waals surface area contributed by atoms with Gasteiger partial charge in [-0.1, -0.05) is 19.1 Å². The van der Waals surface area contributed by atoms with Gasteiger partial charge in [0.15, 0.2) is 0 Å². The SMILES string of the molecule is CCC1CC(NC(C)c2ccc(-c3ccnc(C4(O)CCC4)c3)c(F)c2)=CN1. The zero-order valence-corrected chi connectivity index (χ0v) is 16.5. The molecule has 3 N–H and O–H groups in total. The molecule has 148 valence electrons. The minimum Gasteiger partial charge on any atom is -0.386 e. The molecule has 1 saturated carbocycles. The molecular weight excluding hydrogens is 353 g/mol. The Morgan fingerprint density at radius 3 is 2.79 bits per heavy atom. The summed E-state index contributed by atoms with van der Waals surface area (Å²) in [4.78, 5) is 4.31. The predicted molar refractivity (Wildman–Crippen MR) is 109 cm³/mol. The van der Waals surface area contributed by atoms with E-state index < -0.39 is 5.60 Å². The van der Waals surface area contributed by atoms with Crippen LogP contribution in [-0.2, 0) is 5.60 Å². The molecule has 4 nitrogen and oxygen atoms in total. The molecule has 2 heterocycles. The van der Waals surface area contributed by atoms with Crippen LogP contribution in [0.15, 0.2) is 48.4 Å². The molecule has 0 saturated heterocycles. The summed E-state index contributed by atoms with van der Waals surface area (Å²) in [6, 6.07) is 9.52. The highest BCUT2D eigenvalue weighted by Crippen LogP contribution is 2.41. The Kier molecular flexibility index (Phi) is 5.11. The molecule has 1 fully saturated rings. The third-order valence-electron chi connectivity index (χ3n) is 6.08. The van der Waals surface area contributed by atoms with Crippen LogP contribution in [0, 0.1) is 5.82 Å². The molecule has 2 unspecified atom stereocenters. The number of halogens is 1. The van der Waals surface area contributed by atoms with E-state index in [9.17, 15) is 9.50 Å². The molecule has 1 aliphatic carbocycles. The van der Waals surface area contributed by atoms with Gasteiger partial charge in [0.1, 0.15) is 11.4 Å². The van der Waals surface area contributed by atoms with Crippen LogP contribution in [0.3, 0.4) is 0 Å². The number of hydrogen-bond donors (Lipinski definition) is 3. The van der Waals surface area contributed by atoms with Crippen LogP contribution in [0.5, 0.6) is 0 Å². The number of pyridine rings is 1. The first-order chi connectivity index (χ1) is 13.5. The van der Waals surface area contributed by atoms with E-state index in [4.69, 9.17) is 0 Å². The van der Waals surface area contributed by atoms with Crippen LogP contribution in [0.25, 0.3) is 11.1 Å². The fourth-order valence-electron chi connectivity index (χ4n) is 3.98. The number of aliphatic hydroxyl groups is 1. The highest BCUT2D eigenvalue weighted by molar-refractivity contribution is 5.65. The Labute approximate surface area is 165 Å². The van der Waals surface area contributed by atoms with Crippen LogP contribution in [-0.4, -0.2) is 16.1 Å². The molecule has 2 aromatic rings. The van der Waals surface area contributed by atoms with Gasteiger partial charge in [-0.2, -0.15) is 0 Å². The number of nitrogens with one attached hydrogen (secondary N) is 2. The molecule has 1 aromatic carbocycles. The second kappa shape index (κ2) is 7.55. The highest BCUT2D eigenvalue weighted by Gasteiger charge is 2.37. The Morgan fingerprint density at radius 1 is 1.32 bits per heavy atom. The topological polar surface area (TPSA) is 57.2 Å². The Morgan fingerprint density at radius 2 is 2.14 bits per heavy atom. The largest absolute Gasteiger partial charge is 0.386 e. The summed E-state index contributed by atoms with van der Waals surface area (Å²) in [5, 5.41) is 17.4. The van der Waals surface area contributed by atoms with Crippen molar-refractivity contribution in [2.75, 3.05) is 0 Å². The van der Waals surface area contributed by atoms with Crippen molar-refractivity contribution in [2.45, 2.75) is 63.6 Å². The Balaban J connectivity index is 1.51. The van der Waals surface area contributed by atoms with Crippen LogP contribution in [0.4, 0.5) is 4.39 Å². The number of nitrogens with zero attached hydrogens (tertiary/aromatic N) is 1. The lowest BCUT2D eigenvalue weighted by Gasteiger charge is -2.36. The predicted octanol–water partition coefficient (Wildman–Crippen LogP) is 4.52. The van der Waals surface area contributed by atoms with Crippen molar-refractivity contribution in [2.24, 2.45) is 0 Å². The number of rotatable bonds is 6. The molecule has 0 bridgehead atoms. The van der Waals surface area contributed by atoms with Crippen LogP contribution >= 0.6 is 0 Å². The average molecular weight is 381 g/mol. The summed E-state index contributed by atoms with van der Waals surface area (Å²) in [5.74, 6) is -0.256. The average Bonchev–Trinajstić information content (AvgIpc) is 3.13. The summed E-state index contributed by atoms with van der Waals surface area (Å²) in [7, 11) is 0. The van der Waals surface area contributed by atoms with E-state index in [1.54, 1.807) is 18.3 Å². The minimum atomic E-state index is -0.843. The van der Waals surface area contributed by atoms with Gasteiger partial charge in [-0.05, 0) is 61.9 Å². The maximum atomic E-state index is 14.9. The molecule has 1 aliphatic heterocycles. The van der Waals surface area contributed by atoms with Gasteiger partial charge in [0.05, 0.1) is 5.69 Å². The number of aromatic nitrogens is 1. The second-order valence-electron chi connectivity index (χ2n) is 8.07. The summed E-state index contributed by atoms with van der Waals surface area (Å²) >= 11 is 0. The summed E-state index contributed by atoms with van der Waals surface area (Å²) in [6.07, 6.45) is 8.18. The van der Waals surface area contributed by atoms with Crippen LogP contribution in [0.2, 0.25) is 0 Å². The van der Waals surface area contributed by atoms with E-state index >= 15 is 0 Å². The monoisotopic (exact) mass is 381 g/mol. The van der Waals surface area contributed by atoms with Gasteiger partial charge in [-0.15, -0.1) is 0 Å². The maximum Gasteiger partial charge on any atom is 0.131 e. The number of hydrogen-bond acceptors (Lipinski definition) is 4. The molecule has 28 heavy (non-hydrogen) atoms. The molecule has 1 aromatic heterocycles. The fraction of sp³-hybridized carbons (Fsp3) is 0.435. The lowest BCUT2D eigenvalue weighted by molar-refractivity contribution is -0.0425. The molecule has 0 radical (unpaired) electrons. The molecule has 2 atom stereocenters. The van der Waals surface area contributed by atoms with Gasteiger partial charge in [-0.3, -0.25) is 4.98 Å². The van der Waals surface area contributed by atoms with Crippen molar-refractivity contribution in [1.29, 1.82) is 0 Å². The quantitative estimate of drug-likeness (QED) is 0.688. The first-order valence-corrected chi connectivity index (χ1v) is 10.2. The molecule has 4 rings (SSSR count). The van der Waals surface area contributed by atoms with Gasteiger partial charge in [0.2, 0.25) is 0 Å². The zero-order valence-electron chi connectivity index (χ0n) is 16.5. The van der Waals surface area contributed by atoms with Crippen LogP contribution < -0.4 is 10.6 Å². The normalized spacial score (nSPS) is 21.4. The first kappa shape index (κ1) is 18.9.